The first kappa shape index (κ1) is 23.1. The number of hydrogen-bond donors (Lipinski definition) is 0. The fourth-order valence-corrected chi connectivity index (χ4v) is 4.24. The maximum Gasteiger partial charge on any atom is 0.330 e. The summed E-state index contributed by atoms with van der Waals surface area (Å²) in [4.78, 5) is 23.4. The second-order valence-electron chi connectivity index (χ2n) is 8.15. The van der Waals surface area contributed by atoms with Crippen LogP contribution in [0.4, 0.5) is 0 Å². The first-order valence-electron chi connectivity index (χ1n) is 10.5. The van der Waals surface area contributed by atoms with E-state index < -0.39 is 0 Å². The highest BCUT2D eigenvalue weighted by Gasteiger charge is 2.43. The van der Waals surface area contributed by atoms with E-state index in [1.807, 2.05) is 31.2 Å². The Balaban J connectivity index is 2.17. The molecule has 0 bridgehead atoms. The summed E-state index contributed by atoms with van der Waals surface area (Å²) in [6.45, 7) is 9.75. The van der Waals surface area contributed by atoms with E-state index in [1.54, 1.807) is 6.92 Å². The molecule has 2 rings (SSSR count). The highest BCUT2D eigenvalue weighted by Crippen LogP contribution is 2.51. The zero-order chi connectivity index (χ0) is 21.3. The van der Waals surface area contributed by atoms with Gasteiger partial charge in [0.05, 0.1) is 13.2 Å². The van der Waals surface area contributed by atoms with E-state index in [9.17, 15) is 9.59 Å². The maximum atomic E-state index is 11.9. The molecule has 0 amide bonds. The number of carbonyl (C=O) groups excluding carboxylic acids is 2. The zero-order valence-corrected chi connectivity index (χ0v) is 18.1. The normalized spacial score (nSPS) is 26.3. The SMILES string of the molecule is CCOC(=O)/C=C/[C@H]1/C(=C(/C)C=O)CC[C@H](C)[C@@]1(C)CCOCc1ccccc1. The molecule has 0 saturated heterocycles. The standard InChI is InChI=1S/C25H34O4/c1-5-29-24(27)14-13-23-22(19(2)17-26)12-11-20(3)25(23,4)15-16-28-18-21-9-7-6-8-10-21/h6-10,13-14,17,20,23H,5,11-12,15-16,18H2,1-4H3/b14-13+,22-19-/t20-,23-,25+/m0/s1. The highest BCUT2D eigenvalue weighted by molar-refractivity contribution is 5.82. The molecule has 0 aliphatic heterocycles. The average molecular weight is 399 g/mol. The monoisotopic (exact) mass is 398 g/mol. The molecule has 1 aliphatic rings. The van der Waals surface area contributed by atoms with E-state index in [0.29, 0.717) is 25.7 Å². The van der Waals surface area contributed by atoms with Crippen LogP contribution in [0.15, 0.2) is 53.6 Å². The van der Waals surface area contributed by atoms with Gasteiger partial charge in [-0.05, 0) is 55.6 Å². The molecule has 1 fully saturated rings. The summed E-state index contributed by atoms with van der Waals surface area (Å²) >= 11 is 0. The quantitative estimate of drug-likeness (QED) is 0.246. The van der Waals surface area contributed by atoms with Crippen molar-refractivity contribution in [2.24, 2.45) is 17.3 Å². The number of rotatable bonds is 9. The van der Waals surface area contributed by atoms with Gasteiger partial charge in [-0.25, -0.2) is 4.79 Å². The van der Waals surface area contributed by atoms with E-state index in [-0.39, 0.29) is 17.3 Å². The Bertz CT molecular complexity index is 734. The molecule has 0 N–H and O–H groups in total. The van der Waals surface area contributed by atoms with Gasteiger partial charge >= 0.3 is 5.97 Å². The molecule has 0 radical (unpaired) electrons. The van der Waals surface area contributed by atoms with E-state index in [2.05, 4.69) is 26.0 Å². The van der Waals surface area contributed by atoms with Crippen molar-refractivity contribution in [2.75, 3.05) is 13.2 Å². The predicted octanol–water partition coefficient (Wildman–Crippen LogP) is 5.28. The molecule has 0 spiro atoms. The maximum absolute atomic E-state index is 11.9. The summed E-state index contributed by atoms with van der Waals surface area (Å²) in [7, 11) is 0. The van der Waals surface area contributed by atoms with Crippen LogP contribution >= 0.6 is 0 Å². The fraction of sp³-hybridized carbons (Fsp3) is 0.520. The Labute approximate surface area is 175 Å². The van der Waals surface area contributed by atoms with Gasteiger partial charge in [-0.3, -0.25) is 4.79 Å². The average Bonchev–Trinajstić information content (AvgIpc) is 2.73. The Morgan fingerprint density at radius 1 is 1.28 bits per heavy atom. The van der Waals surface area contributed by atoms with Gasteiger partial charge in [-0.2, -0.15) is 0 Å². The molecule has 1 aromatic carbocycles. The van der Waals surface area contributed by atoms with Crippen LogP contribution < -0.4 is 0 Å². The second-order valence-corrected chi connectivity index (χ2v) is 8.15. The van der Waals surface area contributed by atoms with Crippen LogP contribution in [0.1, 0.15) is 52.5 Å². The van der Waals surface area contributed by atoms with Gasteiger partial charge < -0.3 is 9.47 Å². The van der Waals surface area contributed by atoms with Crippen molar-refractivity contribution < 1.29 is 19.1 Å². The summed E-state index contributed by atoms with van der Waals surface area (Å²) in [5, 5.41) is 0. The lowest BCUT2D eigenvalue weighted by Gasteiger charge is -2.47. The molecule has 29 heavy (non-hydrogen) atoms. The van der Waals surface area contributed by atoms with Crippen molar-refractivity contribution in [1.29, 1.82) is 0 Å². The molecule has 4 nitrogen and oxygen atoms in total. The minimum absolute atomic E-state index is 0.0150. The number of hydrogen-bond acceptors (Lipinski definition) is 4. The Hall–Kier alpha value is -2.20. The Morgan fingerprint density at radius 3 is 2.66 bits per heavy atom. The lowest BCUT2D eigenvalue weighted by Crippen LogP contribution is -2.39. The lowest BCUT2D eigenvalue weighted by molar-refractivity contribution is -0.137. The van der Waals surface area contributed by atoms with Gasteiger partial charge in [0.15, 0.2) is 0 Å². The molecule has 1 aromatic rings. The number of esters is 1. The minimum atomic E-state index is -0.337. The summed E-state index contributed by atoms with van der Waals surface area (Å²) in [5.41, 5.74) is 2.96. The number of carbonyl (C=O) groups is 2. The second kappa shape index (κ2) is 11.1. The largest absolute Gasteiger partial charge is 0.463 e. The molecular weight excluding hydrogens is 364 g/mol. The third-order valence-corrected chi connectivity index (χ3v) is 6.35. The summed E-state index contributed by atoms with van der Waals surface area (Å²) in [5.74, 6) is 0.126. The summed E-state index contributed by atoms with van der Waals surface area (Å²) < 4.78 is 11.0. The van der Waals surface area contributed by atoms with Crippen molar-refractivity contribution in [3.63, 3.8) is 0 Å². The third kappa shape index (κ3) is 6.14. The first-order valence-corrected chi connectivity index (χ1v) is 10.5. The highest BCUT2D eigenvalue weighted by atomic mass is 16.5. The third-order valence-electron chi connectivity index (χ3n) is 6.35. The van der Waals surface area contributed by atoms with Crippen LogP contribution in [0.5, 0.6) is 0 Å². The number of ether oxygens (including phenoxy) is 2. The van der Waals surface area contributed by atoms with Gasteiger partial charge in [0.25, 0.3) is 0 Å². The van der Waals surface area contributed by atoms with Crippen LogP contribution in [0.2, 0.25) is 0 Å². The molecule has 0 aromatic heterocycles. The molecule has 1 aliphatic carbocycles. The number of aldehydes is 1. The van der Waals surface area contributed by atoms with Crippen molar-refractivity contribution in [3.05, 3.63) is 59.2 Å². The van der Waals surface area contributed by atoms with Crippen LogP contribution in [0.25, 0.3) is 0 Å². The van der Waals surface area contributed by atoms with Gasteiger partial charge in [0, 0.05) is 18.6 Å². The number of allylic oxidation sites excluding steroid dienone is 3. The van der Waals surface area contributed by atoms with Gasteiger partial charge in [0.2, 0.25) is 0 Å². The van der Waals surface area contributed by atoms with E-state index in [1.165, 1.54) is 6.08 Å². The van der Waals surface area contributed by atoms with Gasteiger partial charge in [0.1, 0.15) is 6.29 Å². The van der Waals surface area contributed by atoms with Crippen LogP contribution in [0, 0.1) is 17.3 Å². The first-order chi connectivity index (χ1) is 13.9. The molecule has 1 saturated carbocycles. The van der Waals surface area contributed by atoms with Gasteiger partial charge in [-0.15, -0.1) is 0 Å². The van der Waals surface area contributed by atoms with Crippen molar-refractivity contribution >= 4 is 12.3 Å². The Kier molecular flexibility index (Phi) is 8.84. The molecule has 4 heteroatoms. The minimum Gasteiger partial charge on any atom is -0.463 e. The van der Waals surface area contributed by atoms with Crippen molar-refractivity contribution in [1.82, 2.24) is 0 Å². The van der Waals surface area contributed by atoms with E-state index in [0.717, 1.165) is 42.3 Å². The summed E-state index contributed by atoms with van der Waals surface area (Å²) in [6.07, 6.45) is 7.15. The van der Waals surface area contributed by atoms with E-state index >= 15 is 0 Å². The topological polar surface area (TPSA) is 52.6 Å². The van der Waals surface area contributed by atoms with Crippen LogP contribution in [0.3, 0.4) is 0 Å². The van der Waals surface area contributed by atoms with Crippen LogP contribution in [-0.4, -0.2) is 25.5 Å². The van der Waals surface area contributed by atoms with Crippen molar-refractivity contribution in [3.8, 4) is 0 Å². The molecule has 0 heterocycles. The zero-order valence-electron chi connectivity index (χ0n) is 18.1. The summed E-state index contributed by atoms with van der Waals surface area (Å²) in [6, 6.07) is 10.1. The molecular formula is C25H34O4. The molecule has 158 valence electrons. The van der Waals surface area contributed by atoms with Crippen LogP contribution in [-0.2, 0) is 25.7 Å². The predicted molar refractivity (Wildman–Crippen MR) is 115 cm³/mol. The fourth-order valence-electron chi connectivity index (χ4n) is 4.24. The van der Waals surface area contributed by atoms with E-state index in [4.69, 9.17) is 9.47 Å². The smallest absolute Gasteiger partial charge is 0.330 e. The van der Waals surface area contributed by atoms with Crippen molar-refractivity contribution in [2.45, 2.75) is 53.6 Å². The lowest BCUT2D eigenvalue weighted by atomic mass is 9.58. The van der Waals surface area contributed by atoms with Gasteiger partial charge in [-0.1, -0.05) is 55.8 Å². The number of benzene rings is 1. The molecule has 3 atom stereocenters. The molecule has 0 unspecified atom stereocenters. The Morgan fingerprint density at radius 2 is 2.00 bits per heavy atom.